The van der Waals surface area contributed by atoms with Crippen molar-refractivity contribution in [2.24, 2.45) is 0 Å². The molecule has 0 aliphatic heterocycles. The van der Waals surface area contributed by atoms with Crippen molar-refractivity contribution >= 4 is 42.4 Å². The molecule has 0 fully saturated rings. The molecule has 0 bridgehead atoms. The van der Waals surface area contributed by atoms with Crippen LogP contribution in [-0.4, -0.2) is 4.98 Å². The van der Waals surface area contributed by atoms with Gasteiger partial charge in [0, 0.05) is 21.0 Å². The smallest absolute Gasteiger partial charge is 0.125 e. The van der Waals surface area contributed by atoms with Gasteiger partial charge in [0.15, 0.2) is 0 Å². The first-order valence-electron chi connectivity index (χ1n) is 8.08. The van der Waals surface area contributed by atoms with Crippen LogP contribution in [-0.2, 0) is 0 Å². The number of thiophene rings is 1. The summed E-state index contributed by atoms with van der Waals surface area (Å²) in [7, 11) is 0. The zero-order chi connectivity index (χ0) is 16.1. The summed E-state index contributed by atoms with van der Waals surface area (Å²) in [5, 5.41) is 5.12. The number of aromatic nitrogens is 1. The number of nitrogens with zero attached hydrogens (tertiary/aromatic N) is 1. The van der Waals surface area contributed by atoms with Gasteiger partial charge in [-0.1, -0.05) is 54.6 Å². The maximum absolute atomic E-state index is 4.97. The first-order valence-corrected chi connectivity index (χ1v) is 8.89. The molecule has 1 nitrogen and oxygen atoms in total. The molecule has 2 heterocycles. The SMILES string of the molecule is Cc1cc(-c2ccc3ccccc3c2)nc2sc3ccccc3c12. The number of benzene rings is 3. The normalized spacial score (nSPS) is 11.5. The molecule has 0 aliphatic rings. The van der Waals surface area contributed by atoms with Gasteiger partial charge in [0.05, 0.1) is 5.69 Å². The van der Waals surface area contributed by atoms with Crippen LogP contribution in [0.25, 0.3) is 42.3 Å². The van der Waals surface area contributed by atoms with Gasteiger partial charge in [-0.15, -0.1) is 11.3 Å². The van der Waals surface area contributed by atoms with E-state index in [0.717, 1.165) is 10.5 Å². The summed E-state index contributed by atoms with van der Waals surface area (Å²) in [6.07, 6.45) is 0. The summed E-state index contributed by atoms with van der Waals surface area (Å²) in [5.74, 6) is 0. The third kappa shape index (κ3) is 2.04. The molecule has 0 saturated carbocycles. The number of rotatable bonds is 1. The fourth-order valence-electron chi connectivity index (χ4n) is 3.41. The highest BCUT2D eigenvalue weighted by molar-refractivity contribution is 7.25. The second-order valence-corrected chi connectivity index (χ2v) is 7.20. The summed E-state index contributed by atoms with van der Waals surface area (Å²) < 4.78 is 1.30. The van der Waals surface area contributed by atoms with Crippen LogP contribution in [0.1, 0.15) is 5.56 Å². The monoisotopic (exact) mass is 325 g/mol. The Bertz CT molecular complexity index is 1220. The molecule has 3 aromatic carbocycles. The van der Waals surface area contributed by atoms with Crippen molar-refractivity contribution < 1.29 is 0 Å². The Morgan fingerprint density at radius 3 is 2.50 bits per heavy atom. The van der Waals surface area contributed by atoms with Crippen molar-refractivity contribution in [3.8, 4) is 11.3 Å². The lowest BCUT2D eigenvalue weighted by Gasteiger charge is -2.06. The maximum Gasteiger partial charge on any atom is 0.125 e. The minimum atomic E-state index is 1.05. The van der Waals surface area contributed by atoms with Crippen LogP contribution >= 0.6 is 11.3 Å². The van der Waals surface area contributed by atoms with Crippen LogP contribution in [0.15, 0.2) is 72.8 Å². The van der Waals surface area contributed by atoms with E-state index in [2.05, 4.69) is 79.7 Å². The molecule has 0 saturated heterocycles. The van der Waals surface area contributed by atoms with Gasteiger partial charge in [-0.2, -0.15) is 0 Å². The Labute approximate surface area is 144 Å². The maximum atomic E-state index is 4.97. The zero-order valence-electron chi connectivity index (χ0n) is 13.3. The van der Waals surface area contributed by atoms with Crippen molar-refractivity contribution in [1.82, 2.24) is 4.98 Å². The van der Waals surface area contributed by atoms with Gasteiger partial charge < -0.3 is 0 Å². The minimum absolute atomic E-state index is 1.05. The summed E-state index contributed by atoms with van der Waals surface area (Å²) in [5.41, 5.74) is 3.52. The third-order valence-electron chi connectivity index (χ3n) is 4.59. The Kier molecular flexibility index (Phi) is 2.94. The highest BCUT2D eigenvalue weighted by Crippen LogP contribution is 2.36. The van der Waals surface area contributed by atoms with Crippen molar-refractivity contribution in [2.45, 2.75) is 6.92 Å². The van der Waals surface area contributed by atoms with E-state index in [0.29, 0.717) is 0 Å². The van der Waals surface area contributed by atoms with Gasteiger partial charge in [-0.25, -0.2) is 4.98 Å². The van der Waals surface area contributed by atoms with Crippen molar-refractivity contribution in [3.63, 3.8) is 0 Å². The van der Waals surface area contributed by atoms with Crippen LogP contribution < -0.4 is 0 Å². The van der Waals surface area contributed by atoms with Crippen LogP contribution in [0.3, 0.4) is 0 Å². The highest BCUT2D eigenvalue weighted by Gasteiger charge is 2.11. The lowest BCUT2D eigenvalue weighted by atomic mass is 10.0. The van der Waals surface area contributed by atoms with Crippen molar-refractivity contribution in [1.29, 1.82) is 0 Å². The van der Waals surface area contributed by atoms with Gasteiger partial charge in [0.2, 0.25) is 0 Å². The molecular formula is C22H15NS. The molecule has 0 N–H and O–H groups in total. The van der Waals surface area contributed by atoms with Crippen molar-refractivity contribution in [3.05, 3.63) is 78.4 Å². The highest BCUT2D eigenvalue weighted by atomic mass is 32.1. The number of pyridine rings is 1. The molecule has 5 aromatic rings. The molecule has 114 valence electrons. The van der Waals surface area contributed by atoms with E-state index in [1.807, 2.05) is 0 Å². The van der Waals surface area contributed by atoms with Crippen LogP contribution in [0.4, 0.5) is 0 Å². The minimum Gasteiger partial charge on any atom is -0.237 e. The lowest BCUT2D eigenvalue weighted by Crippen LogP contribution is -1.86. The van der Waals surface area contributed by atoms with E-state index < -0.39 is 0 Å². The van der Waals surface area contributed by atoms with E-state index in [4.69, 9.17) is 4.98 Å². The molecule has 0 amide bonds. The van der Waals surface area contributed by atoms with Gasteiger partial charge in [0.1, 0.15) is 4.83 Å². The fourth-order valence-corrected chi connectivity index (χ4v) is 4.56. The second kappa shape index (κ2) is 5.15. The van der Waals surface area contributed by atoms with Crippen LogP contribution in [0.2, 0.25) is 0 Å². The molecule has 0 atom stereocenters. The molecule has 5 rings (SSSR count). The number of fused-ring (bicyclic) bond motifs is 4. The first kappa shape index (κ1) is 13.7. The predicted octanol–water partition coefficient (Wildman–Crippen LogP) is 6.58. The molecule has 24 heavy (non-hydrogen) atoms. The average Bonchev–Trinajstić information content (AvgIpc) is 3.00. The van der Waals surface area contributed by atoms with Gasteiger partial charge in [-0.05, 0) is 41.5 Å². The second-order valence-electron chi connectivity index (χ2n) is 6.16. The fraction of sp³-hybridized carbons (Fsp3) is 0.0455. The molecule has 2 aromatic heterocycles. The van der Waals surface area contributed by atoms with E-state index in [9.17, 15) is 0 Å². The Morgan fingerprint density at radius 2 is 1.58 bits per heavy atom. The van der Waals surface area contributed by atoms with E-state index in [-0.39, 0.29) is 0 Å². The largest absolute Gasteiger partial charge is 0.237 e. The molecule has 0 radical (unpaired) electrons. The van der Waals surface area contributed by atoms with E-state index in [1.165, 1.54) is 37.4 Å². The molecule has 0 unspecified atom stereocenters. The van der Waals surface area contributed by atoms with Gasteiger partial charge >= 0.3 is 0 Å². The zero-order valence-corrected chi connectivity index (χ0v) is 14.1. The molecule has 2 heteroatoms. The third-order valence-corrected chi connectivity index (χ3v) is 5.66. The predicted molar refractivity (Wildman–Crippen MR) is 105 cm³/mol. The quantitative estimate of drug-likeness (QED) is 0.339. The Hall–Kier alpha value is -2.71. The number of hydrogen-bond donors (Lipinski definition) is 0. The summed E-state index contributed by atoms with van der Waals surface area (Å²) in [6.45, 7) is 2.19. The standard InChI is InChI=1S/C22H15NS/c1-14-12-19(17-11-10-15-6-2-3-7-16(15)13-17)23-22-21(14)18-8-4-5-9-20(18)24-22/h2-13H,1H3. The van der Waals surface area contributed by atoms with Crippen LogP contribution in [0, 0.1) is 6.92 Å². The first-order chi connectivity index (χ1) is 11.8. The summed E-state index contributed by atoms with van der Waals surface area (Å²) in [4.78, 5) is 6.09. The summed E-state index contributed by atoms with van der Waals surface area (Å²) >= 11 is 1.78. The van der Waals surface area contributed by atoms with Gasteiger partial charge in [-0.3, -0.25) is 0 Å². The van der Waals surface area contributed by atoms with E-state index in [1.54, 1.807) is 11.3 Å². The van der Waals surface area contributed by atoms with E-state index >= 15 is 0 Å². The number of aryl methyl sites for hydroxylation is 1. The summed E-state index contributed by atoms with van der Waals surface area (Å²) in [6, 6.07) is 25.8. The number of hydrogen-bond acceptors (Lipinski definition) is 2. The Morgan fingerprint density at radius 1 is 0.792 bits per heavy atom. The molecule has 0 spiro atoms. The van der Waals surface area contributed by atoms with Gasteiger partial charge in [0.25, 0.3) is 0 Å². The Balaban J connectivity index is 1.78. The topological polar surface area (TPSA) is 12.9 Å². The molecular weight excluding hydrogens is 310 g/mol. The molecule has 0 aliphatic carbocycles. The average molecular weight is 325 g/mol. The van der Waals surface area contributed by atoms with Crippen molar-refractivity contribution in [2.75, 3.05) is 0 Å². The van der Waals surface area contributed by atoms with Crippen LogP contribution in [0.5, 0.6) is 0 Å². The lowest BCUT2D eigenvalue weighted by molar-refractivity contribution is 1.39.